The molecule has 1 nitrogen and oxygen atoms in total. The molecule has 0 fully saturated rings. The minimum Gasteiger partial charge on any atom is -0.260 e. The molecule has 1 aromatic heterocycles. The molecule has 1 aromatic carbocycles. The first-order valence-corrected chi connectivity index (χ1v) is 4.65. The maximum Gasteiger partial charge on any atom is 0.0685 e. The lowest BCUT2D eigenvalue weighted by Crippen LogP contribution is -1.82. The van der Waals surface area contributed by atoms with Crippen molar-refractivity contribution in [1.82, 2.24) is 4.09 Å². The quantitative estimate of drug-likeness (QED) is 0.512. The average molecular weight is 190 g/mol. The molecule has 3 rings (SSSR count). The Bertz CT molecular complexity index is 471. The van der Waals surface area contributed by atoms with E-state index in [1.807, 2.05) is 6.20 Å². The zero-order valence-corrected chi connectivity index (χ0v) is 7.75. The van der Waals surface area contributed by atoms with Crippen LogP contribution in [-0.2, 0) is 6.42 Å². The first kappa shape index (κ1) is 7.22. The molecule has 1 heterocycles. The molecule has 0 amide bonds. The molecule has 13 heavy (non-hydrogen) atoms. The molecular formula is C11H8ClN. The summed E-state index contributed by atoms with van der Waals surface area (Å²) >= 11 is 6.03. The number of benzene rings is 1. The molecule has 2 aromatic rings. The van der Waals surface area contributed by atoms with Crippen molar-refractivity contribution < 1.29 is 0 Å². The maximum absolute atomic E-state index is 6.03. The van der Waals surface area contributed by atoms with Gasteiger partial charge >= 0.3 is 0 Å². The van der Waals surface area contributed by atoms with E-state index in [2.05, 4.69) is 30.3 Å². The summed E-state index contributed by atoms with van der Waals surface area (Å²) in [4.78, 5) is 0. The second-order valence-corrected chi connectivity index (χ2v) is 3.70. The Morgan fingerprint density at radius 1 is 1.08 bits per heavy atom. The van der Waals surface area contributed by atoms with Crippen LogP contribution in [0.4, 0.5) is 0 Å². The smallest absolute Gasteiger partial charge is 0.0685 e. The van der Waals surface area contributed by atoms with Crippen molar-refractivity contribution in [1.29, 1.82) is 0 Å². The van der Waals surface area contributed by atoms with E-state index in [0.717, 1.165) is 12.1 Å². The molecule has 0 unspecified atom stereocenters. The highest BCUT2D eigenvalue weighted by Crippen LogP contribution is 2.37. The van der Waals surface area contributed by atoms with Crippen molar-refractivity contribution in [2.45, 2.75) is 6.42 Å². The summed E-state index contributed by atoms with van der Waals surface area (Å²) in [5.74, 6) is 0. The van der Waals surface area contributed by atoms with Gasteiger partial charge in [0, 0.05) is 30.0 Å². The Morgan fingerprint density at radius 3 is 2.85 bits per heavy atom. The number of halogens is 1. The number of hydrogen-bond acceptors (Lipinski definition) is 0. The van der Waals surface area contributed by atoms with E-state index >= 15 is 0 Å². The lowest BCUT2D eigenvalue weighted by Gasteiger charge is -1.99. The van der Waals surface area contributed by atoms with Gasteiger partial charge in [-0.2, -0.15) is 0 Å². The van der Waals surface area contributed by atoms with Crippen LogP contribution in [0.3, 0.4) is 0 Å². The van der Waals surface area contributed by atoms with Crippen LogP contribution < -0.4 is 0 Å². The summed E-state index contributed by atoms with van der Waals surface area (Å²) in [6.45, 7) is 0. The minimum absolute atomic E-state index is 1.02. The van der Waals surface area contributed by atoms with Gasteiger partial charge in [0.2, 0.25) is 0 Å². The third-order valence-electron chi connectivity index (χ3n) is 2.58. The zero-order valence-electron chi connectivity index (χ0n) is 7.00. The van der Waals surface area contributed by atoms with Crippen molar-refractivity contribution in [3.05, 3.63) is 47.7 Å². The van der Waals surface area contributed by atoms with Crippen LogP contribution in [0, 0.1) is 0 Å². The molecule has 1 aliphatic carbocycles. The van der Waals surface area contributed by atoms with Crippen LogP contribution in [0.25, 0.3) is 11.3 Å². The van der Waals surface area contributed by atoms with Crippen LogP contribution in [0.1, 0.15) is 11.1 Å². The summed E-state index contributed by atoms with van der Waals surface area (Å²) in [6, 6.07) is 10.5. The molecule has 0 aliphatic heterocycles. The van der Waals surface area contributed by atoms with Crippen molar-refractivity contribution in [2.24, 2.45) is 0 Å². The monoisotopic (exact) mass is 189 g/mol. The topological polar surface area (TPSA) is 4.93 Å². The largest absolute Gasteiger partial charge is 0.260 e. The molecule has 0 N–H and O–H groups in total. The van der Waals surface area contributed by atoms with E-state index in [0.29, 0.717) is 0 Å². The molecule has 0 saturated heterocycles. The van der Waals surface area contributed by atoms with E-state index in [9.17, 15) is 0 Å². The van der Waals surface area contributed by atoms with E-state index in [-0.39, 0.29) is 0 Å². The second kappa shape index (κ2) is 2.39. The normalized spacial score (nSPS) is 12.7. The molecule has 2 heteroatoms. The highest BCUT2D eigenvalue weighted by atomic mass is 35.5. The van der Waals surface area contributed by atoms with E-state index in [4.69, 9.17) is 11.8 Å². The fourth-order valence-electron chi connectivity index (χ4n) is 1.99. The summed E-state index contributed by atoms with van der Waals surface area (Å²) in [5.41, 5.74) is 5.15. The Kier molecular flexibility index (Phi) is 1.33. The van der Waals surface area contributed by atoms with Crippen LogP contribution in [0.2, 0.25) is 0 Å². The Morgan fingerprint density at radius 2 is 1.92 bits per heavy atom. The van der Waals surface area contributed by atoms with Crippen molar-refractivity contribution in [3.8, 4) is 11.3 Å². The van der Waals surface area contributed by atoms with E-state index < -0.39 is 0 Å². The lowest BCUT2D eigenvalue weighted by atomic mass is 10.1. The first-order chi connectivity index (χ1) is 6.36. The number of fused-ring (bicyclic) bond motifs is 3. The van der Waals surface area contributed by atoms with Crippen LogP contribution in [0.15, 0.2) is 36.5 Å². The molecule has 1 aliphatic rings. The minimum atomic E-state index is 1.02. The van der Waals surface area contributed by atoms with Crippen LogP contribution >= 0.6 is 11.8 Å². The highest BCUT2D eigenvalue weighted by molar-refractivity contribution is 6.17. The van der Waals surface area contributed by atoms with Gasteiger partial charge < -0.3 is 0 Å². The van der Waals surface area contributed by atoms with Gasteiger partial charge in [-0.25, -0.2) is 0 Å². The molecule has 0 radical (unpaired) electrons. The molecule has 0 bridgehead atoms. The molecule has 0 saturated carbocycles. The molecular weight excluding hydrogens is 182 g/mol. The van der Waals surface area contributed by atoms with Crippen molar-refractivity contribution in [2.75, 3.05) is 0 Å². The van der Waals surface area contributed by atoms with Crippen molar-refractivity contribution >= 4 is 11.8 Å². The van der Waals surface area contributed by atoms with Crippen LogP contribution in [0.5, 0.6) is 0 Å². The first-order valence-electron chi connectivity index (χ1n) is 4.31. The number of aromatic nitrogens is 1. The fraction of sp³-hybridized carbons (Fsp3) is 0.0909. The average Bonchev–Trinajstić information content (AvgIpc) is 2.66. The fourth-order valence-corrected chi connectivity index (χ4v) is 2.24. The number of hydrogen-bond donors (Lipinski definition) is 0. The van der Waals surface area contributed by atoms with Crippen molar-refractivity contribution in [3.63, 3.8) is 0 Å². The summed E-state index contributed by atoms with van der Waals surface area (Å²) in [7, 11) is 0. The van der Waals surface area contributed by atoms with Gasteiger partial charge in [0.05, 0.1) is 5.69 Å². The predicted molar refractivity (Wildman–Crippen MR) is 53.9 cm³/mol. The number of nitrogens with zero attached hydrogens (tertiary/aromatic N) is 1. The number of rotatable bonds is 0. The van der Waals surface area contributed by atoms with E-state index in [1.165, 1.54) is 16.7 Å². The maximum atomic E-state index is 6.03. The van der Waals surface area contributed by atoms with E-state index in [1.54, 1.807) is 4.09 Å². The van der Waals surface area contributed by atoms with Gasteiger partial charge in [-0.1, -0.05) is 24.3 Å². The summed E-state index contributed by atoms with van der Waals surface area (Å²) in [5, 5.41) is 0. The Labute approximate surface area is 81.7 Å². The van der Waals surface area contributed by atoms with Crippen LogP contribution in [-0.4, -0.2) is 4.09 Å². The summed E-state index contributed by atoms with van der Waals surface area (Å²) < 4.78 is 1.68. The zero-order chi connectivity index (χ0) is 8.84. The molecule has 0 spiro atoms. The second-order valence-electron chi connectivity index (χ2n) is 3.33. The van der Waals surface area contributed by atoms with Gasteiger partial charge in [-0.3, -0.25) is 4.09 Å². The Balaban J connectivity index is 2.35. The standard InChI is InChI=1S/C11H8ClN/c12-13-6-5-9-7-8-3-1-2-4-10(8)11(9)13/h1-6H,7H2. The highest BCUT2D eigenvalue weighted by Gasteiger charge is 2.20. The molecule has 64 valence electrons. The third kappa shape index (κ3) is 0.879. The lowest BCUT2D eigenvalue weighted by molar-refractivity contribution is 1.27. The molecule has 0 atom stereocenters. The third-order valence-corrected chi connectivity index (χ3v) is 2.86. The van der Waals surface area contributed by atoms with Gasteiger partial charge in [-0.15, -0.1) is 0 Å². The van der Waals surface area contributed by atoms with Gasteiger partial charge in [0.15, 0.2) is 0 Å². The SMILES string of the molecule is Cln1ccc2c1-c1ccccc1C2. The van der Waals surface area contributed by atoms with Gasteiger partial charge in [0.25, 0.3) is 0 Å². The van der Waals surface area contributed by atoms with Gasteiger partial charge in [0.1, 0.15) is 0 Å². The predicted octanol–water partition coefficient (Wildman–Crippen LogP) is 3.06. The van der Waals surface area contributed by atoms with Gasteiger partial charge in [-0.05, 0) is 17.2 Å². The summed E-state index contributed by atoms with van der Waals surface area (Å²) in [6.07, 6.45) is 2.92. The Hall–Kier alpha value is -1.21.